The Morgan fingerprint density at radius 2 is 2.00 bits per heavy atom. The Morgan fingerprint density at radius 1 is 1.24 bits per heavy atom. The summed E-state index contributed by atoms with van der Waals surface area (Å²) >= 11 is 0. The predicted molar refractivity (Wildman–Crippen MR) is 83.9 cm³/mol. The molecule has 2 rings (SSSR count). The fourth-order valence-corrected chi connectivity index (χ4v) is 2.30. The molecule has 0 saturated carbocycles. The second kappa shape index (κ2) is 7.81. The van der Waals surface area contributed by atoms with E-state index in [4.69, 9.17) is 10.6 Å². The number of nitrogens with zero attached hydrogens (tertiary/aromatic N) is 2. The molecule has 0 fully saturated rings. The molecule has 3 N–H and O–H groups in total. The molecular formula is C16H24N4O. The lowest BCUT2D eigenvalue weighted by molar-refractivity contribution is 0.309. The summed E-state index contributed by atoms with van der Waals surface area (Å²) in [5.41, 5.74) is 5.01. The molecule has 0 aliphatic rings. The van der Waals surface area contributed by atoms with Crippen LogP contribution in [-0.4, -0.2) is 16.4 Å². The van der Waals surface area contributed by atoms with Crippen molar-refractivity contribution in [2.24, 2.45) is 5.84 Å². The van der Waals surface area contributed by atoms with E-state index < -0.39 is 0 Å². The number of ether oxygens (including phenoxy) is 1. The first-order valence-electron chi connectivity index (χ1n) is 7.50. The number of benzene rings is 1. The molecule has 1 unspecified atom stereocenters. The Hall–Kier alpha value is -1.85. The maximum atomic E-state index is 5.73. The lowest BCUT2D eigenvalue weighted by atomic mass is 10.0. The minimum absolute atomic E-state index is 0.0721. The Kier molecular flexibility index (Phi) is 5.78. The van der Waals surface area contributed by atoms with Crippen LogP contribution in [0.5, 0.6) is 5.75 Å². The number of hydrogen-bond donors (Lipinski definition) is 2. The minimum atomic E-state index is -0.0721. The second-order valence-electron chi connectivity index (χ2n) is 4.94. The lowest BCUT2D eigenvalue weighted by Gasteiger charge is -2.18. The van der Waals surface area contributed by atoms with E-state index in [1.807, 2.05) is 35.0 Å². The van der Waals surface area contributed by atoms with Crippen molar-refractivity contribution in [2.75, 3.05) is 6.61 Å². The van der Waals surface area contributed by atoms with Crippen LogP contribution in [0.1, 0.15) is 44.0 Å². The third kappa shape index (κ3) is 3.83. The van der Waals surface area contributed by atoms with Crippen molar-refractivity contribution in [1.29, 1.82) is 0 Å². The quantitative estimate of drug-likeness (QED) is 0.445. The van der Waals surface area contributed by atoms with E-state index in [0.29, 0.717) is 0 Å². The highest BCUT2D eigenvalue weighted by atomic mass is 16.5. The van der Waals surface area contributed by atoms with Gasteiger partial charge < -0.3 is 4.74 Å². The van der Waals surface area contributed by atoms with Crippen LogP contribution >= 0.6 is 0 Å². The van der Waals surface area contributed by atoms with Crippen LogP contribution < -0.4 is 16.0 Å². The molecule has 0 bridgehead atoms. The zero-order chi connectivity index (χ0) is 15.1. The Balaban J connectivity index is 2.12. The van der Waals surface area contributed by atoms with Crippen LogP contribution in [0.25, 0.3) is 0 Å². The first-order chi connectivity index (χ1) is 10.3. The molecule has 0 aliphatic heterocycles. The molecule has 5 heteroatoms. The van der Waals surface area contributed by atoms with Gasteiger partial charge in [0.05, 0.1) is 18.3 Å². The van der Waals surface area contributed by atoms with Gasteiger partial charge in [0, 0.05) is 12.7 Å². The second-order valence-corrected chi connectivity index (χ2v) is 4.94. The number of hydrogen-bond acceptors (Lipinski definition) is 4. The average Bonchev–Trinajstić information content (AvgIpc) is 2.98. The van der Waals surface area contributed by atoms with Crippen LogP contribution in [-0.2, 0) is 6.54 Å². The fourth-order valence-electron chi connectivity index (χ4n) is 2.30. The number of unbranched alkanes of at least 4 members (excludes halogenated alkanes) is 1. The van der Waals surface area contributed by atoms with E-state index >= 15 is 0 Å². The number of nitrogens with one attached hydrogen (secondary N) is 1. The Labute approximate surface area is 126 Å². The van der Waals surface area contributed by atoms with Gasteiger partial charge in [-0.05, 0) is 37.1 Å². The highest BCUT2D eigenvalue weighted by Gasteiger charge is 2.16. The van der Waals surface area contributed by atoms with Gasteiger partial charge in [0.15, 0.2) is 0 Å². The van der Waals surface area contributed by atoms with Gasteiger partial charge in [0.25, 0.3) is 0 Å². The standard InChI is InChI=1S/C16H24N4O/c1-3-5-12-21-14-8-6-13(7-9-14)16(19-17)15-10-11-18-20(15)4-2/h6-11,16,19H,3-5,12,17H2,1-2H3. The van der Waals surface area contributed by atoms with Gasteiger partial charge in [-0.2, -0.15) is 5.10 Å². The molecule has 1 atom stereocenters. The summed E-state index contributed by atoms with van der Waals surface area (Å²) in [7, 11) is 0. The fraction of sp³-hybridized carbons (Fsp3) is 0.438. The van der Waals surface area contributed by atoms with Crippen LogP contribution in [0.4, 0.5) is 0 Å². The number of hydrazine groups is 1. The predicted octanol–water partition coefficient (Wildman–Crippen LogP) is 2.63. The molecular weight excluding hydrogens is 264 g/mol. The van der Waals surface area contributed by atoms with E-state index in [0.717, 1.165) is 43.0 Å². The molecule has 114 valence electrons. The highest BCUT2D eigenvalue weighted by Crippen LogP contribution is 2.23. The molecule has 5 nitrogen and oxygen atoms in total. The van der Waals surface area contributed by atoms with E-state index in [1.54, 1.807) is 6.20 Å². The maximum absolute atomic E-state index is 5.73. The molecule has 2 aromatic rings. The van der Waals surface area contributed by atoms with E-state index in [2.05, 4.69) is 24.4 Å². The molecule has 1 heterocycles. The molecule has 0 spiro atoms. The van der Waals surface area contributed by atoms with Crippen LogP contribution in [0.3, 0.4) is 0 Å². The van der Waals surface area contributed by atoms with Crippen molar-refractivity contribution in [3.05, 3.63) is 47.8 Å². The van der Waals surface area contributed by atoms with E-state index in [1.165, 1.54) is 0 Å². The summed E-state index contributed by atoms with van der Waals surface area (Å²) in [6.07, 6.45) is 4.01. The summed E-state index contributed by atoms with van der Waals surface area (Å²) in [4.78, 5) is 0. The summed E-state index contributed by atoms with van der Waals surface area (Å²) < 4.78 is 7.62. The molecule has 0 aliphatic carbocycles. The molecule has 1 aromatic heterocycles. The smallest absolute Gasteiger partial charge is 0.119 e. The maximum Gasteiger partial charge on any atom is 0.119 e. The van der Waals surface area contributed by atoms with Gasteiger partial charge in [-0.1, -0.05) is 25.5 Å². The third-order valence-corrected chi connectivity index (χ3v) is 3.49. The SMILES string of the molecule is CCCCOc1ccc(C(NN)c2ccnn2CC)cc1. The van der Waals surface area contributed by atoms with Crippen molar-refractivity contribution in [1.82, 2.24) is 15.2 Å². The van der Waals surface area contributed by atoms with Gasteiger partial charge in [-0.15, -0.1) is 0 Å². The van der Waals surface area contributed by atoms with E-state index in [9.17, 15) is 0 Å². The van der Waals surface area contributed by atoms with Gasteiger partial charge >= 0.3 is 0 Å². The first kappa shape index (κ1) is 15.5. The highest BCUT2D eigenvalue weighted by molar-refractivity contribution is 5.33. The molecule has 21 heavy (non-hydrogen) atoms. The van der Waals surface area contributed by atoms with Crippen molar-refractivity contribution in [2.45, 2.75) is 39.3 Å². The first-order valence-corrected chi connectivity index (χ1v) is 7.50. The molecule has 0 amide bonds. The number of aromatic nitrogens is 2. The molecule has 1 aromatic carbocycles. The van der Waals surface area contributed by atoms with Gasteiger partial charge in [0.2, 0.25) is 0 Å². The molecule has 0 saturated heterocycles. The summed E-state index contributed by atoms with van der Waals surface area (Å²) in [5.74, 6) is 6.63. The zero-order valence-corrected chi connectivity index (χ0v) is 12.7. The Morgan fingerprint density at radius 3 is 2.62 bits per heavy atom. The van der Waals surface area contributed by atoms with Crippen molar-refractivity contribution >= 4 is 0 Å². The Bertz CT molecular complexity index is 535. The third-order valence-electron chi connectivity index (χ3n) is 3.49. The van der Waals surface area contributed by atoms with E-state index in [-0.39, 0.29) is 6.04 Å². The molecule has 0 radical (unpaired) electrons. The van der Waals surface area contributed by atoms with Crippen molar-refractivity contribution in [3.63, 3.8) is 0 Å². The number of rotatable bonds is 8. The normalized spacial score (nSPS) is 12.3. The summed E-state index contributed by atoms with van der Waals surface area (Å²) in [6.45, 7) is 5.80. The van der Waals surface area contributed by atoms with Crippen molar-refractivity contribution in [3.8, 4) is 5.75 Å². The average molecular weight is 288 g/mol. The lowest BCUT2D eigenvalue weighted by Crippen LogP contribution is -2.30. The number of aryl methyl sites for hydroxylation is 1. The van der Waals surface area contributed by atoms with Crippen LogP contribution in [0, 0.1) is 0 Å². The minimum Gasteiger partial charge on any atom is -0.494 e. The summed E-state index contributed by atoms with van der Waals surface area (Å²) in [5, 5.41) is 4.29. The monoisotopic (exact) mass is 288 g/mol. The number of nitrogens with two attached hydrogens (primary N) is 1. The van der Waals surface area contributed by atoms with Crippen LogP contribution in [0.2, 0.25) is 0 Å². The van der Waals surface area contributed by atoms with Gasteiger partial charge in [-0.25, -0.2) is 5.43 Å². The summed E-state index contributed by atoms with van der Waals surface area (Å²) in [6, 6.07) is 9.97. The van der Waals surface area contributed by atoms with Crippen molar-refractivity contribution < 1.29 is 4.74 Å². The van der Waals surface area contributed by atoms with Gasteiger partial charge in [0.1, 0.15) is 5.75 Å². The van der Waals surface area contributed by atoms with Gasteiger partial charge in [-0.3, -0.25) is 10.5 Å². The topological polar surface area (TPSA) is 65.1 Å². The van der Waals surface area contributed by atoms with Crippen LogP contribution in [0.15, 0.2) is 36.5 Å². The largest absolute Gasteiger partial charge is 0.494 e. The zero-order valence-electron chi connectivity index (χ0n) is 12.7.